The van der Waals surface area contributed by atoms with Crippen LogP contribution >= 0.6 is 11.8 Å². The van der Waals surface area contributed by atoms with Crippen LogP contribution in [0.25, 0.3) is 11.1 Å². The monoisotopic (exact) mass is 603 g/mol. The van der Waals surface area contributed by atoms with Crippen LogP contribution in [-0.4, -0.2) is 54.2 Å². The number of aliphatic carboxylic acids is 1. The predicted octanol–water partition coefficient (Wildman–Crippen LogP) is 4.19. The van der Waals surface area contributed by atoms with Crippen LogP contribution in [0.2, 0.25) is 0 Å². The smallest absolute Gasteiger partial charge is 0.303 e. The molecule has 224 valence electrons. The van der Waals surface area contributed by atoms with Crippen LogP contribution in [-0.2, 0) is 39.3 Å². The largest absolute Gasteiger partial charge is 0.481 e. The molecule has 3 N–H and O–H groups in total. The number of aliphatic hydroxyl groups is 1. The second-order valence-corrected chi connectivity index (χ2v) is 11.2. The summed E-state index contributed by atoms with van der Waals surface area (Å²) in [4.78, 5) is 22.7. The predicted molar refractivity (Wildman–Crippen MR) is 159 cm³/mol. The SMILES string of the molecule is Cn1nnnc1SC[C@@H]1C[C@H](c2ccc(CO)cc2)O[C@H](c2cccc(-c3cccc(CNC(=O)CCC(=O)O)c3)c2)O1. The number of aliphatic hydroxyl groups excluding tert-OH is 1. The molecule has 2 heterocycles. The molecule has 0 saturated carbocycles. The molecular weight excluding hydrogens is 570 g/mol. The van der Waals surface area contributed by atoms with Gasteiger partial charge in [0.05, 0.1) is 25.2 Å². The third kappa shape index (κ3) is 8.26. The Morgan fingerprint density at radius 3 is 2.47 bits per heavy atom. The van der Waals surface area contributed by atoms with Crippen LogP contribution < -0.4 is 5.32 Å². The molecule has 0 spiro atoms. The van der Waals surface area contributed by atoms with Crippen LogP contribution in [0.5, 0.6) is 0 Å². The first kappa shape index (κ1) is 30.4. The number of carboxylic acid groups (broad SMARTS) is 1. The van der Waals surface area contributed by atoms with Crippen molar-refractivity contribution >= 4 is 23.6 Å². The lowest BCUT2D eigenvalue weighted by Crippen LogP contribution is -2.31. The van der Waals surface area contributed by atoms with E-state index in [9.17, 15) is 14.7 Å². The zero-order valence-electron chi connectivity index (χ0n) is 23.6. The van der Waals surface area contributed by atoms with Gasteiger partial charge in [0.1, 0.15) is 0 Å². The van der Waals surface area contributed by atoms with Gasteiger partial charge in [0.15, 0.2) is 6.29 Å². The van der Waals surface area contributed by atoms with Gasteiger partial charge in [-0.25, -0.2) is 4.68 Å². The molecule has 3 aromatic carbocycles. The maximum absolute atomic E-state index is 12.0. The number of tetrazole rings is 1. The number of nitrogens with zero attached hydrogens (tertiary/aromatic N) is 4. The van der Waals surface area contributed by atoms with Crippen molar-refractivity contribution in [1.29, 1.82) is 0 Å². The van der Waals surface area contributed by atoms with Gasteiger partial charge in [0.2, 0.25) is 11.1 Å². The second kappa shape index (κ2) is 14.4. The molecular formula is C31H33N5O6S. The van der Waals surface area contributed by atoms with Crippen LogP contribution in [0.3, 0.4) is 0 Å². The third-order valence-corrected chi connectivity index (χ3v) is 8.21. The quantitative estimate of drug-likeness (QED) is 0.201. The number of hydrogen-bond acceptors (Lipinski definition) is 9. The fraction of sp³-hybridized carbons (Fsp3) is 0.323. The average Bonchev–Trinajstić information content (AvgIpc) is 3.46. The van der Waals surface area contributed by atoms with E-state index >= 15 is 0 Å². The van der Waals surface area contributed by atoms with Gasteiger partial charge >= 0.3 is 5.97 Å². The highest BCUT2D eigenvalue weighted by Crippen LogP contribution is 2.40. The minimum absolute atomic E-state index is 0.0202. The number of aromatic nitrogens is 4. The molecule has 0 radical (unpaired) electrons. The molecule has 0 unspecified atom stereocenters. The maximum atomic E-state index is 12.0. The van der Waals surface area contributed by atoms with E-state index in [1.54, 1.807) is 11.7 Å². The van der Waals surface area contributed by atoms with Gasteiger partial charge < -0.3 is 25.0 Å². The van der Waals surface area contributed by atoms with Crippen LogP contribution in [0.15, 0.2) is 78.0 Å². The van der Waals surface area contributed by atoms with Gasteiger partial charge in [-0.1, -0.05) is 72.4 Å². The molecule has 1 amide bonds. The van der Waals surface area contributed by atoms with Crippen molar-refractivity contribution < 1.29 is 29.3 Å². The first-order valence-corrected chi connectivity index (χ1v) is 14.9. The Morgan fingerprint density at radius 2 is 1.74 bits per heavy atom. The summed E-state index contributed by atoms with van der Waals surface area (Å²) in [6.07, 6.45) is -0.578. The number of thioether (sulfide) groups is 1. The Balaban J connectivity index is 1.33. The van der Waals surface area contributed by atoms with Crippen LogP contribution in [0, 0.1) is 0 Å². The maximum Gasteiger partial charge on any atom is 0.303 e. The van der Waals surface area contributed by atoms with E-state index in [-0.39, 0.29) is 37.6 Å². The summed E-state index contributed by atoms with van der Waals surface area (Å²) in [6, 6.07) is 23.6. The summed E-state index contributed by atoms with van der Waals surface area (Å²) in [5.74, 6) is -0.661. The number of carbonyl (C=O) groups excluding carboxylic acids is 1. The summed E-state index contributed by atoms with van der Waals surface area (Å²) in [6.45, 7) is 0.283. The Hall–Kier alpha value is -4.10. The first-order valence-electron chi connectivity index (χ1n) is 13.9. The Kier molecular flexibility index (Phi) is 10.2. The topological polar surface area (TPSA) is 149 Å². The number of aryl methyl sites for hydroxylation is 1. The normalized spacial score (nSPS) is 18.3. The molecule has 43 heavy (non-hydrogen) atoms. The molecule has 11 nitrogen and oxygen atoms in total. The van der Waals surface area contributed by atoms with Crippen molar-refractivity contribution in [2.75, 3.05) is 5.75 Å². The van der Waals surface area contributed by atoms with Crippen molar-refractivity contribution in [2.24, 2.45) is 7.05 Å². The van der Waals surface area contributed by atoms with Gasteiger partial charge in [0, 0.05) is 37.8 Å². The Morgan fingerprint density at radius 1 is 0.977 bits per heavy atom. The van der Waals surface area contributed by atoms with Crippen molar-refractivity contribution in [3.63, 3.8) is 0 Å². The summed E-state index contributed by atoms with van der Waals surface area (Å²) in [7, 11) is 1.80. The van der Waals surface area contributed by atoms with Gasteiger partial charge in [-0.3, -0.25) is 9.59 Å². The molecule has 1 saturated heterocycles. The fourth-order valence-electron chi connectivity index (χ4n) is 4.77. The molecule has 1 aliphatic rings. The number of nitrogens with one attached hydrogen (secondary N) is 1. The highest BCUT2D eigenvalue weighted by atomic mass is 32.2. The van der Waals surface area contributed by atoms with E-state index in [1.807, 2.05) is 72.8 Å². The number of amides is 1. The van der Waals surface area contributed by atoms with Gasteiger partial charge in [0.25, 0.3) is 0 Å². The molecule has 3 atom stereocenters. The van der Waals surface area contributed by atoms with Gasteiger partial charge in [-0.05, 0) is 50.4 Å². The highest BCUT2D eigenvalue weighted by Gasteiger charge is 2.32. The van der Waals surface area contributed by atoms with E-state index in [0.717, 1.165) is 33.4 Å². The number of ether oxygens (including phenoxy) is 2. The number of carbonyl (C=O) groups is 2. The molecule has 0 bridgehead atoms. The zero-order valence-corrected chi connectivity index (χ0v) is 24.4. The summed E-state index contributed by atoms with van der Waals surface area (Å²) < 4.78 is 14.6. The average molecular weight is 604 g/mol. The second-order valence-electron chi connectivity index (χ2n) is 10.2. The molecule has 1 fully saturated rings. The summed E-state index contributed by atoms with van der Waals surface area (Å²) in [5.41, 5.74) is 5.55. The number of carboxylic acids is 1. The Bertz CT molecular complexity index is 1550. The van der Waals surface area contributed by atoms with E-state index in [1.165, 1.54) is 11.8 Å². The fourth-order valence-corrected chi connectivity index (χ4v) is 5.64. The Labute approximate surface area is 253 Å². The van der Waals surface area contributed by atoms with Crippen molar-refractivity contribution in [3.05, 3.63) is 95.1 Å². The van der Waals surface area contributed by atoms with Gasteiger partial charge in [-0.2, -0.15) is 0 Å². The van der Waals surface area contributed by atoms with Crippen molar-refractivity contribution in [1.82, 2.24) is 25.5 Å². The minimum atomic E-state index is -0.998. The molecule has 4 aromatic rings. The standard InChI is InChI=1S/C31H33N5O6S/c1-36-31(33-34-35-36)43-19-26-16-27(22-10-8-20(18-37)9-11-22)42-30(41-26)25-7-3-6-24(15-25)23-5-2-4-21(14-23)17-32-28(38)12-13-29(39)40/h2-11,14-15,26-27,30,37H,12-13,16-19H2,1H3,(H,32,38)(H,39,40)/t26-,27+,30+/m0/s1. The van der Waals surface area contributed by atoms with E-state index in [4.69, 9.17) is 14.6 Å². The summed E-state index contributed by atoms with van der Waals surface area (Å²) in [5, 5.41) is 33.5. The number of benzene rings is 3. The van der Waals surface area contributed by atoms with E-state index in [2.05, 4.69) is 20.8 Å². The van der Waals surface area contributed by atoms with E-state index < -0.39 is 12.3 Å². The minimum Gasteiger partial charge on any atom is -0.481 e. The van der Waals surface area contributed by atoms with Crippen LogP contribution in [0.1, 0.15) is 53.9 Å². The number of rotatable bonds is 12. The molecule has 5 rings (SSSR count). The summed E-state index contributed by atoms with van der Waals surface area (Å²) >= 11 is 1.53. The number of hydrogen-bond donors (Lipinski definition) is 3. The highest BCUT2D eigenvalue weighted by molar-refractivity contribution is 7.99. The third-order valence-electron chi connectivity index (χ3n) is 7.07. The van der Waals surface area contributed by atoms with E-state index in [0.29, 0.717) is 23.9 Å². The van der Waals surface area contributed by atoms with Crippen LogP contribution in [0.4, 0.5) is 0 Å². The first-order chi connectivity index (χ1) is 20.9. The zero-order chi connectivity index (χ0) is 30.2. The molecule has 1 aliphatic heterocycles. The van der Waals surface area contributed by atoms with Crippen molar-refractivity contribution in [2.45, 2.75) is 56.1 Å². The lowest BCUT2D eigenvalue weighted by Gasteiger charge is -2.36. The molecule has 1 aromatic heterocycles. The molecule has 12 heteroatoms. The molecule has 0 aliphatic carbocycles. The lowest BCUT2D eigenvalue weighted by atomic mass is 9.99. The lowest BCUT2D eigenvalue weighted by molar-refractivity contribution is -0.245. The van der Waals surface area contributed by atoms with Gasteiger partial charge in [-0.15, -0.1) is 5.10 Å². The van der Waals surface area contributed by atoms with Crippen molar-refractivity contribution in [3.8, 4) is 11.1 Å².